The maximum atomic E-state index is 12.4. The third-order valence-corrected chi connectivity index (χ3v) is 3.31. The maximum absolute atomic E-state index is 12.4. The summed E-state index contributed by atoms with van der Waals surface area (Å²) in [5, 5.41) is 16.6. The first kappa shape index (κ1) is 14.5. The summed E-state index contributed by atoms with van der Waals surface area (Å²) in [6.07, 6.45) is 0. The van der Waals surface area contributed by atoms with Gasteiger partial charge in [-0.3, -0.25) is 4.79 Å². The van der Waals surface area contributed by atoms with Crippen LogP contribution in [0.15, 0.2) is 10.6 Å². The molecule has 0 aliphatic rings. The van der Waals surface area contributed by atoms with Crippen molar-refractivity contribution in [2.24, 2.45) is 5.92 Å². The van der Waals surface area contributed by atoms with Crippen molar-refractivity contribution in [3.05, 3.63) is 23.0 Å². The van der Waals surface area contributed by atoms with E-state index in [2.05, 4.69) is 15.5 Å². The lowest BCUT2D eigenvalue weighted by atomic mass is 10.0. The van der Waals surface area contributed by atoms with Gasteiger partial charge in [-0.15, -0.1) is 0 Å². The molecule has 0 saturated heterocycles. The number of carbonyl (C=O) groups is 1. The summed E-state index contributed by atoms with van der Waals surface area (Å²) in [6, 6.07) is 1.42. The number of aryl methyl sites for hydroxylation is 2. The molecular formula is C14H19N3O3. The van der Waals surface area contributed by atoms with Crippen molar-refractivity contribution in [3.63, 3.8) is 0 Å². The summed E-state index contributed by atoms with van der Waals surface area (Å²) in [5.74, 6) is -0.106. The van der Waals surface area contributed by atoms with Crippen molar-refractivity contribution >= 4 is 17.0 Å². The number of rotatable bonds is 4. The van der Waals surface area contributed by atoms with E-state index < -0.39 is 0 Å². The van der Waals surface area contributed by atoms with Crippen LogP contribution in [0.25, 0.3) is 11.1 Å². The molecule has 0 aromatic carbocycles. The first-order chi connectivity index (χ1) is 9.43. The smallest absolute Gasteiger partial charge is 0.258 e. The number of hydrogen-bond acceptors (Lipinski definition) is 5. The van der Waals surface area contributed by atoms with Gasteiger partial charge in [0.1, 0.15) is 0 Å². The van der Waals surface area contributed by atoms with Crippen molar-refractivity contribution in [1.29, 1.82) is 0 Å². The zero-order valence-electron chi connectivity index (χ0n) is 12.1. The predicted molar refractivity (Wildman–Crippen MR) is 74.5 cm³/mol. The van der Waals surface area contributed by atoms with Crippen LogP contribution in [0.3, 0.4) is 0 Å². The van der Waals surface area contributed by atoms with Gasteiger partial charge >= 0.3 is 0 Å². The molecule has 2 aromatic heterocycles. The van der Waals surface area contributed by atoms with Crippen molar-refractivity contribution in [3.8, 4) is 0 Å². The molecule has 1 amide bonds. The number of fused-ring (bicyclic) bond motifs is 1. The van der Waals surface area contributed by atoms with Gasteiger partial charge < -0.3 is 14.9 Å². The summed E-state index contributed by atoms with van der Waals surface area (Å²) < 4.78 is 5.11. The van der Waals surface area contributed by atoms with Gasteiger partial charge in [0.2, 0.25) is 0 Å². The highest BCUT2D eigenvalue weighted by atomic mass is 16.5. The first-order valence-corrected chi connectivity index (χ1v) is 6.59. The lowest BCUT2D eigenvalue weighted by Gasteiger charge is -2.20. The van der Waals surface area contributed by atoms with Gasteiger partial charge in [0.15, 0.2) is 0 Å². The molecule has 1 unspecified atom stereocenters. The molecule has 2 heterocycles. The van der Waals surface area contributed by atoms with E-state index in [0.717, 1.165) is 0 Å². The zero-order valence-corrected chi connectivity index (χ0v) is 12.1. The summed E-state index contributed by atoms with van der Waals surface area (Å²) in [5.41, 5.74) is 2.15. The second-order valence-corrected chi connectivity index (χ2v) is 5.27. The molecule has 0 spiro atoms. The van der Waals surface area contributed by atoms with Crippen LogP contribution in [0.5, 0.6) is 0 Å². The molecule has 2 aromatic rings. The lowest BCUT2D eigenvalue weighted by molar-refractivity contribution is 0.0898. The molecular weight excluding hydrogens is 258 g/mol. The Hall–Kier alpha value is -1.95. The zero-order chi connectivity index (χ0) is 14.9. The molecule has 2 rings (SSSR count). The quantitative estimate of drug-likeness (QED) is 0.886. The fourth-order valence-electron chi connectivity index (χ4n) is 2.07. The number of pyridine rings is 1. The van der Waals surface area contributed by atoms with E-state index in [1.165, 1.54) is 0 Å². The Morgan fingerprint density at radius 2 is 2.15 bits per heavy atom. The Morgan fingerprint density at radius 1 is 1.45 bits per heavy atom. The molecule has 0 aliphatic heterocycles. The van der Waals surface area contributed by atoms with Crippen molar-refractivity contribution < 1.29 is 14.4 Å². The molecule has 20 heavy (non-hydrogen) atoms. The van der Waals surface area contributed by atoms with E-state index in [9.17, 15) is 9.90 Å². The number of aliphatic hydroxyl groups excluding tert-OH is 1. The number of nitrogens with zero attached hydrogens (tertiary/aromatic N) is 2. The Morgan fingerprint density at radius 3 is 2.75 bits per heavy atom. The molecule has 6 nitrogen and oxygen atoms in total. The van der Waals surface area contributed by atoms with Crippen molar-refractivity contribution in [2.75, 3.05) is 6.61 Å². The predicted octanol–water partition coefficient (Wildman–Crippen LogP) is 1.59. The van der Waals surface area contributed by atoms with E-state index >= 15 is 0 Å². The summed E-state index contributed by atoms with van der Waals surface area (Å²) in [4.78, 5) is 16.6. The molecule has 108 valence electrons. The summed E-state index contributed by atoms with van der Waals surface area (Å²) in [7, 11) is 0. The first-order valence-electron chi connectivity index (χ1n) is 6.59. The highest BCUT2D eigenvalue weighted by Gasteiger charge is 2.21. The van der Waals surface area contributed by atoms with E-state index in [0.29, 0.717) is 28.1 Å². The monoisotopic (exact) mass is 277 g/mol. The SMILES string of the molecule is Cc1cc(C(=O)NC(CO)C(C)C)c2c(C)noc2n1. The number of amides is 1. The molecule has 0 fully saturated rings. The van der Waals surface area contributed by atoms with Gasteiger partial charge in [-0.05, 0) is 25.8 Å². The third kappa shape index (κ3) is 2.65. The Balaban J connectivity index is 2.41. The highest BCUT2D eigenvalue weighted by molar-refractivity contribution is 6.06. The highest BCUT2D eigenvalue weighted by Crippen LogP contribution is 2.22. The van der Waals surface area contributed by atoms with Crippen LogP contribution in [-0.2, 0) is 0 Å². The van der Waals surface area contributed by atoms with Gasteiger partial charge in [-0.1, -0.05) is 19.0 Å². The van der Waals surface area contributed by atoms with Crippen LogP contribution in [0.4, 0.5) is 0 Å². The van der Waals surface area contributed by atoms with Crippen LogP contribution in [0.2, 0.25) is 0 Å². The minimum Gasteiger partial charge on any atom is -0.394 e. The Kier molecular flexibility index (Phi) is 4.04. The van der Waals surface area contributed by atoms with E-state index in [1.807, 2.05) is 13.8 Å². The van der Waals surface area contributed by atoms with Gasteiger partial charge in [-0.25, -0.2) is 4.98 Å². The minimum atomic E-state index is -0.286. The number of hydrogen-bond donors (Lipinski definition) is 2. The molecule has 6 heteroatoms. The minimum absolute atomic E-state index is 0.0980. The van der Waals surface area contributed by atoms with Gasteiger partial charge in [0, 0.05) is 5.69 Å². The topological polar surface area (TPSA) is 88.2 Å². The molecule has 0 aliphatic carbocycles. The average molecular weight is 277 g/mol. The maximum Gasteiger partial charge on any atom is 0.258 e. The van der Waals surface area contributed by atoms with Crippen LogP contribution in [0.1, 0.15) is 35.6 Å². The fourth-order valence-corrected chi connectivity index (χ4v) is 2.07. The molecule has 1 atom stereocenters. The normalized spacial score (nSPS) is 12.9. The summed E-state index contributed by atoms with van der Waals surface area (Å²) >= 11 is 0. The number of aromatic nitrogens is 2. The second-order valence-electron chi connectivity index (χ2n) is 5.27. The Bertz CT molecular complexity index is 634. The van der Waals surface area contributed by atoms with Crippen LogP contribution in [0, 0.1) is 19.8 Å². The third-order valence-electron chi connectivity index (χ3n) is 3.31. The molecule has 0 radical (unpaired) electrons. The largest absolute Gasteiger partial charge is 0.394 e. The average Bonchev–Trinajstić information content (AvgIpc) is 2.75. The Labute approximate surface area is 117 Å². The fraction of sp³-hybridized carbons (Fsp3) is 0.500. The standard InChI is InChI=1S/C14H19N3O3/c1-7(2)11(6-18)16-13(19)10-5-8(3)15-14-12(10)9(4)17-20-14/h5,7,11,18H,6H2,1-4H3,(H,16,19). The number of carbonyl (C=O) groups excluding carboxylic acids is 1. The van der Waals surface area contributed by atoms with Gasteiger partial charge in [-0.2, -0.15) is 0 Å². The second kappa shape index (κ2) is 5.58. The van der Waals surface area contributed by atoms with E-state index in [1.54, 1.807) is 19.9 Å². The number of nitrogens with one attached hydrogen (secondary N) is 1. The van der Waals surface area contributed by atoms with Crippen molar-refractivity contribution in [2.45, 2.75) is 33.7 Å². The van der Waals surface area contributed by atoms with E-state index in [-0.39, 0.29) is 24.5 Å². The molecule has 0 bridgehead atoms. The molecule has 2 N–H and O–H groups in total. The number of aliphatic hydroxyl groups is 1. The lowest BCUT2D eigenvalue weighted by Crippen LogP contribution is -2.41. The van der Waals surface area contributed by atoms with Crippen LogP contribution in [-0.4, -0.2) is 33.8 Å². The summed E-state index contributed by atoms with van der Waals surface area (Å²) in [6.45, 7) is 7.35. The van der Waals surface area contributed by atoms with Crippen LogP contribution < -0.4 is 5.32 Å². The van der Waals surface area contributed by atoms with E-state index in [4.69, 9.17) is 4.52 Å². The van der Waals surface area contributed by atoms with Gasteiger partial charge in [0.05, 0.1) is 29.3 Å². The van der Waals surface area contributed by atoms with Crippen molar-refractivity contribution in [1.82, 2.24) is 15.5 Å². The van der Waals surface area contributed by atoms with Gasteiger partial charge in [0.25, 0.3) is 11.6 Å². The van der Waals surface area contributed by atoms with Crippen LogP contribution >= 0.6 is 0 Å². The molecule has 0 saturated carbocycles.